The van der Waals surface area contributed by atoms with Crippen LogP contribution in [0.15, 0.2) is 54.9 Å². The molecule has 3 heterocycles. The fourth-order valence-electron chi connectivity index (χ4n) is 4.66. The van der Waals surface area contributed by atoms with Crippen LogP contribution in [0.3, 0.4) is 0 Å². The third-order valence-electron chi connectivity index (χ3n) is 6.31. The maximum Gasteiger partial charge on any atom is 0.511 e. The van der Waals surface area contributed by atoms with Gasteiger partial charge in [-0.15, -0.1) is 0 Å². The number of fused-ring (bicyclic) bond motifs is 4. The van der Waals surface area contributed by atoms with Gasteiger partial charge in [0.15, 0.2) is 0 Å². The zero-order chi connectivity index (χ0) is 21.8. The van der Waals surface area contributed by atoms with Gasteiger partial charge in [-0.05, 0) is 62.1 Å². The number of rotatable bonds is 5. The Labute approximate surface area is 183 Å². The maximum atomic E-state index is 11.0. The molecular weight excluding hydrogens is 404 g/mol. The van der Waals surface area contributed by atoms with Crippen LogP contribution in [0.4, 0.5) is 4.79 Å². The van der Waals surface area contributed by atoms with Gasteiger partial charge in [-0.25, -0.2) is 9.78 Å². The van der Waals surface area contributed by atoms with Crippen LogP contribution in [-0.4, -0.2) is 30.4 Å². The van der Waals surface area contributed by atoms with Crippen LogP contribution >= 0.6 is 0 Å². The molecule has 0 radical (unpaired) electrons. The topological polar surface area (TPSA) is 82.2 Å². The number of ether oxygens (including phenoxy) is 1. The highest BCUT2D eigenvalue weighted by Gasteiger charge is 2.25. The number of aromatic nitrogens is 4. The Morgan fingerprint density at radius 2 is 1.91 bits per heavy atom. The van der Waals surface area contributed by atoms with Gasteiger partial charge in [0, 0.05) is 47.2 Å². The first-order valence-electron chi connectivity index (χ1n) is 10.9. The number of carboxylic acid groups (broad SMARTS) is 1. The average Bonchev–Trinajstić information content (AvgIpc) is 3.46. The molecule has 1 fully saturated rings. The molecule has 1 N–H and O–H groups in total. The lowest BCUT2D eigenvalue weighted by atomic mass is 10.1. The number of carbonyl (C=O) groups is 1. The molecule has 1 saturated carbocycles. The monoisotopic (exact) mass is 426 g/mol. The Bertz CT molecular complexity index is 1510. The molecule has 0 aliphatic heterocycles. The standard InChI is InChI=1S/C25H22N4O3/c1-2-28-21-7-5-16(11-19(21)18-9-10-26-13-23(18)28)24-27-20-12-17(32-25(30)31)6-8-22(20)29(24)14-15-3-4-15/h5-13,15H,2-4,14H2,1H3,(H,30,31). The Hall–Kier alpha value is -3.87. The minimum atomic E-state index is -1.32. The van der Waals surface area contributed by atoms with Crippen LogP contribution < -0.4 is 4.74 Å². The molecule has 0 saturated heterocycles. The van der Waals surface area contributed by atoms with Crippen molar-refractivity contribution in [3.05, 3.63) is 54.9 Å². The van der Waals surface area contributed by atoms with E-state index in [9.17, 15) is 4.79 Å². The highest BCUT2D eigenvalue weighted by atomic mass is 16.7. The molecule has 32 heavy (non-hydrogen) atoms. The van der Waals surface area contributed by atoms with Crippen LogP contribution in [0.1, 0.15) is 19.8 Å². The number of imidazole rings is 1. The van der Waals surface area contributed by atoms with Crippen molar-refractivity contribution in [3.63, 3.8) is 0 Å². The fraction of sp³-hybridized carbons (Fsp3) is 0.240. The van der Waals surface area contributed by atoms with Crippen molar-refractivity contribution in [1.82, 2.24) is 19.1 Å². The largest absolute Gasteiger partial charge is 0.511 e. The molecule has 0 spiro atoms. The first kappa shape index (κ1) is 18.9. The predicted molar refractivity (Wildman–Crippen MR) is 123 cm³/mol. The molecule has 0 unspecified atom stereocenters. The van der Waals surface area contributed by atoms with E-state index in [4.69, 9.17) is 14.8 Å². The molecule has 0 atom stereocenters. The minimum Gasteiger partial charge on any atom is -0.449 e. The van der Waals surface area contributed by atoms with Crippen LogP contribution in [0.2, 0.25) is 0 Å². The van der Waals surface area contributed by atoms with E-state index in [2.05, 4.69) is 45.3 Å². The van der Waals surface area contributed by atoms with Crippen molar-refractivity contribution in [1.29, 1.82) is 0 Å². The summed E-state index contributed by atoms with van der Waals surface area (Å²) in [5.74, 6) is 1.84. The van der Waals surface area contributed by atoms with E-state index < -0.39 is 6.16 Å². The van der Waals surface area contributed by atoms with Gasteiger partial charge in [0.2, 0.25) is 0 Å². The zero-order valence-electron chi connectivity index (χ0n) is 17.7. The molecule has 0 bridgehead atoms. The van der Waals surface area contributed by atoms with E-state index in [1.54, 1.807) is 12.1 Å². The van der Waals surface area contributed by atoms with Crippen molar-refractivity contribution in [2.45, 2.75) is 32.9 Å². The summed E-state index contributed by atoms with van der Waals surface area (Å²) in [6.45, 7) is 3.92. The molecular formula is C25H22N4O3. The number of aryl methyl sites for hydroxylation is 1. The average molecular weight is 426 g/mol. The molecule has 1 aliphatic carbocycles. The molecule has 6 rings (SSSR count). The van der Waals surface area contributed by atoms with Crippen molar-refractivity contribution in [2.75, 3.05) is 0 Å². The second kappa shape index (κ2) is 7.09. The number of benzene rings is 2. The highest BCUT2D eigenvalue weighted by molar-refractivity contribution is 6.09. The van der Waals surface area contributed by atoms with Crippen LogP contribution in [0.25, 0.3) is 44.2 Å². The zero-order valence-corrected chi connectivity index (χ0v) is 17.7. The van der Waals surface area contributed by atoms with E-state index in [1.807, 2.05) is 18.5 Å². The van der Waals surface area contributed by atoms with E-state index in [1.165, 1.54) is 29.1 Å². The second-order valence-electron chi connectivity index (χ2n) is 8.38. The minimum absolute atomic E-state index is 0.279. The molecule has 7 nitrogen and oxygen atoms in total. The lowest BCUT2D eigenvalue weighted by Crippen LogP contribution is -2.03. The molecule has 2 aromatic carbocycles. The highest BCUT2D eigenvalue weighted by Crippen LogP contribution is 2.37. The first-order chi connectivity index (χ1) is 15.6. The van der Waals surface area contributed by atoms with E-state index in [0.717, 1.165) is 41.0 Å². The Kier molecular flexibility index (Phi) is 4.18. The van der Waals surface area contributed by atoms with Gasteiger partial charge in [0.25, 0.3) is 0 Å². The summed E-state index contributed by atoms with van der Waals surface area (Å²) in [5.41, 5.74) is 5.08. The van der Waals surface area contributed by atoms with Crippen molar-refractivity contribution in [2.24, 2.45) is 5.92 Å². The summed E-state index contributed by atoms with van der Waals surface area (Å²) in [5, 5.41) is 11.3. The molecule has 3 aromatic heterocycles. The summed E-state index contributed by atoms with van der Waals surface area (Å²) in [4.78, 5) is 20.2. The first-order valence-corrected chi connectivity index (χ1v) is 10.9. The van der Waals surface area contributed by atoms with Gasteiger partial charge in [-0.2, -0.15) is 0 Å². The summed E-state index contributed by atoms with van der Waals surface area (Å²) < 4.78 is 9.40. The molecule has 1 aliphatic rings. The quantitative estimate of drug-likeness (QED) is 0.288. The normalized spacial score (nSPS) is 13.9. The van der Waals surface area contributed by atoms with E-state index >= 15 is 0 Å². The predicted octanol–water partition coefficient (Wildman–Crippen LogP) is 5.69. The molecule has 0 amide bonds. The Balaban J connectivity index is 1.56. The van der Waals surface area contributed by atoms with Crippen LogP contribution in [-0.2, 0) is 13.1 Å². The smallest absolute Gasteiger partial charge is 0.449 e. The molecule has 160 valence electrons. The summed E-state index contributed by atoms with van der Waals surface area (Å²) in [6.07, 6.45) is 4.89. The van der Waals surface area contributed by atoms with Gasteiger partial charge in [0.05, 0.1) is 22.7 Å². The van der Waals surface area contributed by atoms with Crippen molar-refractivity contribution in [3.8, 4) is 17.1 Å². The lowest BCUT2D eigenvalue weighted by molar-refractivity contribution is 0.144. The van der Waals surface area contributed by atoms with E-state index in [0.29, 0.717) is 5.92 Å². The number of hydrogen-bond acceptors (Lipinski definition) is 4. The molecule has 7 heteroatoms. The number of pyridine rings is 1. The third kappa shape index (κ3) is 3.00. The number of hydrogen-bond donors (Lipinski definition) is 1. The maximum absolute atomic E-state index is 11.0. The van der Waals surface area contributed by atoms with Crippen LogP contribution in [0, 0.1) is 5.92 Å². The fourth-order valence-corrected chi connectivity index (χ4v) is 4.66. The summed E-state index contributed by atoms with van der Waals surface area (Å²) >= 11 is 0. The molecule has 5 aromatic rings. The SMILES string of the molecule is CCn1c2ccc(-c3nc4cc(OC(=O)O)ccc4n3CC3CC3)cc2c2ccncc21. The van der Waals surface area contributed by atoms with Gasteiger partial charge in [0.1, 0.15) is 11.6 Å². The van der Waals surface area contributed by atoms with E-state index in [-0.39, 0.29) is 5.75 Å². The number of nitrogens with zero attached hydrogens (tertiary/aromatic N) is 4. The lowest BCUT2D eigenvalue weighted by Gasteiger charge is -2.09. The summed E-state index contributed by atoms with van der Waals surface area (Å²) in [7, 11) is 0. The third-order valence-corrected chi connectivity index (χ3v) is 6.31. The van der Waals surface area contributed by atoms with Gasteiger partial charge < -0.3 is 19.0 Å². The Morgan fingerprint density at radius 1 is 1.06 bits per heavy atom. The van der Waals surface area contributed by atoms with Crippen molar-refractivity contribution < 1.29 is 14.6 Å². The van der Waals surface area contributed by atoms with Gasteiger partial charge in [-0.3, -0.25) is 4.98 Å². The van der Waals surface area contributed by atoms with Crippen LogP contribution in [0.5, 0.6) is 5.75 Å². The van der Waals surface area contributed by atoms with Gasteiger partial charge in [-0.1, -0.05) is 0 Å². The second-order valence-corrected chi connectivity index (χ2v) is 8.38. The Morgan fingerprint density at radius 3 is 2.69 bits per heavy atom. The summed E-state index contributed by atoms with van der Waals surface area (Å²) in [6, 6.07) is 13.9. The van der Waals surface area contributed by atoms with Gasteiger partial charge >= 0.3 is 6.16 Å². The van der Waals surface area contributed by atoms with Crippen molar-refractivity contribution >= 4 is 39.0 Å².